The van der Waals surface area contributed by atoms with Gasteiger partial charge in [0.25, 0.3) is 0 Å². The van der Waals surface area contributed by atoms with Crippen LogP contribution < -0.4 is 14.7 Å². The van der Waals surface area contributed by atoms with Gasteiger partial charge in [0.05, 0.1) is 16.9 Å². The van der Waals surface area contributed by atoms with Gasteiger partial charge < -0.3 is 14.7 Å². The lowest BCUT2D eigenvalue weighted by molar-refractivity contribution is 0.551. The largest absolute Gasteiger partial charge is 0.331 e. The van der Waals surface area contributed by atoms with Crippen molar-refractivity contribution in [3.05, 3.63) is 287 Å². The molecule has 418 valence electrons. The highest BCUT2D eigenvalue weighted by atomic mass is 15.2. The molecule has 0 fully saturated rings. The molecule has 0 amide bonds. The molecule has 0 spiro atoms. The Morgan fingerprint density at radius 3 is 1.51 bits per heavy atom. The Kier molecular flexibility index (Phi) is 27.1. The summed E-state index contributed by atoms with van der Waals surface area (Å²) in [6, 6.07) is 54.3. The van der Waals surface area contributed by atoms with Gasteiger partial charge in [0, 0.05) is 39.5 Å². The zero-order chi connectivity index (χ0) is 58.5. The van der Waals surface area contributed by atoms with Crippen LogP contribution in [-0.4, -0.2) is 5.54 Å². The van der Waals surface area contributed by atoms with E-state index in [0.29, 0.717) is 0 Å². The zero-order valence-electron chi connectivity index (χ0n) is 51.7. The molecule has 0 bridgehead atoms. The third kappa shape index (κ3) is 16.6. The van der Waals surface area contributed by atoms with E-state index in [1.807, 2.05) is 75.3 Å². The number of rotatable bonds is 15. The standard InChI is InChI=1S/C67H65N3.5C2H6/c1-7-56-24-18-21-51(3)64(56)69(59-28-14-10-15-29-59)60-32-20-23-53(35-38-60)33-34-54-36-39-61(40-37-54)68(58-26-12-9-13-27-58)62-44-47-66(5,48-45-62)46-41-55-42-49-67(6,50-43-55)70(63-30-16-11-17-31-63)65-52(4)22-19-25-57(65)8-2;5*1-2/h9-31,33-47,49H,7-8,48,50H2,1-6H3;5*1-2H3/b34-33+,46-41+;;;;;. The molecule has 6 aromatic carbocycles. The molecule has 2 unspecified atom stereocenters. The van der Waals surface area contributed by atoms with Crippen molar-refractivity contribution in [2.45, 2.75) is 142 Å². The van der Waals surface area contributed by atoms with Crippen LogP contribution in [0.4, 0.5) is 34.1 Å². The number of para-hydroxylation sites is 5. The van der Waals surface area contributed by atoms with Crippen LogP contribution in [0.25, 0.3) is 6.08 Å². The van der Waals surface area contributed by atoms with Crippen LogP contribution >= 0.6 is 0 Å². The molecule has 3 nitrogen and oxygen atoms in total. The van der Waals surface area contributed by atoms with Gasteiger partial charge in [-0.3, -0.25) is 0 Å². The van der Waals surface area contributed by atoms with Crippen molar-refractivity contribution in [2.75, 3.05) is 14.7 Å². The number of anilines is 6. The fourth-order valence-corrected chi connectivity index (χ4v) is 9.91. The smallest absolute Gasteiger partial charge is 0.0890 e. The molecular formula is C77H95N3. The Bertz CT molecular complexity index is 3130. The summed E-state index contributed by atoms with van der Waals surface area (Å²) in [5.41, 5.74) is 21.3. The number of allylic oxidation sites excluding steroid dienone is 12. The van der Waals surface area contributed by atoms with Crippen LogP contribution in [0.3, 0.4) is 0 Å². The van der Waals surface area contributed by atoms with Gasteiger partial charge in [-0.05, 0) is 158 Å². The number of hydrogen-bond acceptors (Lipinski definition) is 3. The van der Waals surface area contributed by atoms with Gasteiger partial charge in [-0.25, -0.2) is 0 Å². The van der Waals surface area contributed by atoms with Gasteiger partial charge in [0.15, 0.2) is 0 Å². The average molecular weight is 1060 g/mol. The van der Waals surface area contributed by atoms with Crippen molar-refractivity contribution in [2.24, 2.45) is 5.41 Å². The summed E-state index contributed by atoms with van der Waals surface area (Å²) in [4.78, 5) is 7.26. The summed E-state index contributed by atoms with van der Waals surface area (Å²) in [6.45, 7) is 33.6. The highest BCUT2D eigenvalue weighted by molar-refractivity contribution is 5.77. The topological polar surface area (TPSA) is 9.72 Å². The minimum atomic E-state index is -0.215. The predicted octanol–water partition coefficient (Wildman–Crippen LogP) is 23.0. The maximum absolute atomic E-state index is 3.59. The lowest BCUT2D eigenvalue weighted by atomic mass is 9.81. The first kappa shape index (κ1) is 64.7. The molecule has 0 saturated carbocycles. The van der Waals surface area contributed by atoms with Crippen LogP contribution in [0.1, 0.15) is 138 Å². The van der Waals surface area contributed by atoms with E-state index in [9.17, 15) is 0 Å². The Labute approximate surface area is 486 Å². The van der Waals surface area contributed by atoms with E-state index in [0.717, 1.165) is 59.6 Å². The van der Waals surface area contributed by atoms with Crippen molar-refractivity contribution < 1.29 is 0 Å². The second-order valence-corrected chi connectivity index (χ2v) is 19.1. The lowest BCUT2D eigenvalue weighted by Crippen LogP contribution is -2.43. The van der Waals surface area contributed by atoms with Crippen LogP contribution in [0, 0.1) is 19.3 Å². The van der Waals surface area contributed by atoms with Crippen molar-refractivity contribution in [1.82, 2.24) is 0 Å². The first-order valence-corrected chi connectivity index (χ1v) is 30.0. The Morgan fingerprint density at radius 1 is 0.463 bits per heavy atom. The third-order valence-electron chi connectivity index (χ3n) is 13.9. The van der Waals surface area contributed by atoms with Gasteiger partial charge in [0.1, 0.15) is 0 Å². The van der Waals surface area contributed by atoms with Crippen LogP contribution in [0.2, 0.25) is 0 Å². The van der Waals surface area contributed by atoms with Crippen molar-refractivity contribution in [3.8, 4) is 0 Å². The predicted molar refractivity (Wildman–Crippen MR) is 357 cm³/mol. The zero-order valence-corrected chi connectivity index (χ0v) is 51.7. The fourth-order valence-electron chi connectivity index (χ4n) is 9.91. The molecule has 3 heteroatoms. The first-order chi connectivity index (χ1) is 39.1. The highest BCUT2D eigenvalue weighted by Gasteiger charge is 2.34. The van der Waals surface area contributed by atoms with E-state index in [2.05, 4.69) is 293 Å². The van der Waals surface area contributed by atoms with Crippen LogP contribution in [0.5, 0.6) is 0 Å². The number of aryl methyl sites for hydroxylation is 4. The van der Waals surface area contributed by atoms with Gasteiger partial charge in [-0.2, -0.15) is 0 Å². The van der Waals surface area contributed by atoms with Gasteiger partial charge in [0.2, 0.25) is 0 Å². The van der Waals surface area contributed by atoms with Crippen molar-refractivity contribution in [1.29, 1.82) is 0 Å². The molecule has 0 aromatic heterocycles. The van der Waals surface area contributed by atoms with E-state index < -0.39 is 0 Å². The van der Waals surface area contributed by atoms with Crippen LogP contribution in [0.15, 0.2) is 259 Å². The second-order valence-electron chi connectivity index (χ2n) is 19.1. The summed E-state index contributed by atoms with van der Waals surface area (Å²) in [6.07, 6.45) is 35.5. The molecule has 3 aliphatic carbocycles. The summed E-state index contributed by atoms with van der Waals surface area (Å²) < 4.78 is 0. The molecule has 6 aromatic rings. The molecule has 3 aliphatic rings. The Hall–Kier alpha value is -7.84. The van der Waals surface area contributed by atoms with Crippen molar-refractivity contribution >= 4 is 40.2 Å². The fraction of sp³-hybridized carbons (Fsp3) is 0.286. The molecule has 0 aliphatic heterocycles. The summed E-state index contributed by atoms with van der Waals surface area (Å²) in [7, 11) is 0. The summed E-state index contributed by atoms with van der Waals surface area (Å²) in [5, 5.41) is 0. The Morgan fingerprint density at radius 2 is 0.988 bits per heavy atom. The van der Waals surface area contributed by atoms with Gasteiger partial charge in [-0.15, -0.1) is 0 Å². The summed E-state index contributed by atoms with van der Waals surface area (Å²) >= 11 is 0. The average Bonchev–Trinajstić information content (AvgIpc) is 3.78. The van der Waals surface area contributed by atoms with Crippen LogP contribution in [-0.2, 0) is 12.8 Å². The number of nitrogens with zero attached hydrogens (tertiary/aromatic N) is 3. The molecule has 9 rings (SSSR count). The molecule has 0 saturated heterocycles. The molecule has 80 heavy (non-hydrogen) atoms. The van der Waals surface area contributed by atoms with Gasteiger partial charge >= 0.3 is 0 Å². The second kappa shape index (κ2) is 33.6. The first-order valence-electron chi connectivity index (χ1n) is 30.0. The lowest BCUT2D eigenvalue weighted by Gasteiger charge is -2.44. The van der Waals surface area contributed by atoms with E-state index in [4.69, 9.17) is 0 Å². The summed E-state index contributed by atoms with van der Waals surface area (Å²) in [5.74, 6) is 0. The monoisotopic (exact) mass is 1060 g/mol. The van der Waals surface area contributed by atoms with E-state index in [1.165, 1.54) is 50.6 Å². The quantitative estimate of drug-likeness (QED) is 0.0949. The molecule has 0 N–H and O–H groups in total. The number of benzene rings is 6. The van der Waals surface area contributed by atoms with E-state index in [1.54, 1.807) is 0 Å². The maximum Gasteiger partial charge on any atom is 0.0890 e. The maximum atomic E-state index is 3.59. The molecule has 0 radical (unpaired) electrons. The molecular weight excluding hydrogens is 967 g/mol. The van der Waals surface area contributed by atoms with E-state index >= 15 is 0 Å². The Balaban J connectivity index is 0.00000131. The highest BCUT2D eigenvalue weighted by Crippen LogP contribution is 2.43. The third-order valence-corrected chi connectivity index (χ3v) is 13.9. The molecule has 0 heterocycles. The SMILES string of the molecule is CC.CC.CC.CC.CC.CCc1cccc(C)c1N(C1=C=CC=C(/C=C/c2ccc(N(C3=CCC(C)(/C=C/C4=CCC(C)(N(c5ccccc5)c5c(C)cccc5CC)C=C4)C=C3)c3ccccc3)cc2)C=C1)c1ccccc1. The molecule has 2 atom stereocenters. The normalized spacial score (nSPS) is 16.6. The van der Waals surface area contributed by atoms with Gasteiger partial charge in [-0.1, -0.05) is 260 Å². The van der Waals surface area contributed by atoms with E-state index in [-0.39, 0.29) is 11.0 Å². The minimum Gasteiger partial charge on any atom is -0.331 e. The number of hydrogen-bond donors (Lipinski definition) is 0. The minimum absolute atomic E-state index is 0.117. The van der Waals surface area contributed by atoms with Crippen molar-refractivity contribution in [3.63, 3.8) is 0 Å².